The van der Waals surface area contributed by atoms with E-state index in [9.17, 15) is 4.79 Å². The molecule has 0 aliphatic heterocycles. The zero-order valence-electron chi connectivity index (χ0n) is 15.6. The van der Waals surface area contributed by atoms with E-state index in [-0.39, 0.29) is 5.91 Å². The van der Waals surface area contributed by atoms with Crippen LogP contribution < -0.4 is 10.1 Å². The first-order valence-electron chi connectivity index (χ1n) is 8.68. The zero-order chi connectivity index (χ0) is 18.2. The number of carbonyl (C=O) groups excluding carboxylic acids is 1. The second-order valence-electron chi connectivity index (χ2n) is 6.54. The summed E-state index contributed by atoms with van der Waals surface area (Å²) < 4.78 is 5.85. The minimum absolute atomic E-state index is 0.0524. The van der Waals surface area contributed by atoms with Gasteiger partial charge in [-0.25, -0.2) is 0 Å². The number of aryl methyl sites for hydroxylation is 2. The molecule has 0 spiro atoms. The molecule has 0 bridgehead atoms. The van der Waals surface area contributed by atoms with E-state index in [4.69, 9.17) is 4.74 Å². The lowest BCUT2D eigenvalue weighted by Gasteiger charge is -2.17. The lowest BCUT2D eigenvalue weighted by atomic mass is 10.1. The first-order valence-corrected chi connectivity index (χ1v) is 8.68. The van der Waals surface area contributed by atoms with Gasteiger partial charge in [0.05, 0.1) is 6.61 Å². The molecule has 1 N–H and O–H groups in total. The molecule has 1 amide bonds. The number of hydrogen-bond acceptors (Lipinski definition) is 3. The van der Waals surface area contributed by atoms with Crippen LogP contribution in [0, 0.1) is 13.8 Å². The van der Waals surface area contributed by atoms with Gasteiger partial charge in [0.1, 0.15) is 5.75 Å². The number of nitrogens with one attached hydrogen (secondary N) is 1. The molecule has 0 fully saturated rings. The van der Waals surface area contributed by atoms with Crippen molar-refractivity contribution in [2.45, 2.75) is 26.8 Å². The summed E-state index contributed by atoms with van der Waals surface area (Å²) in [5.41, 5.74) is 4.35. The van der Waals surface area contributed by atoms with Crippen LogP contribution in [-0.2, 0) is 6.54 Å². The van der Waals surface area contributed by atoms with E-state index in [1.165, 1.54) is 16.7 Å². The van der Waals surface area contributed by atoms with Crippen molar-refractivity contribution in [2.24, 2.45) is 0 Å². The van der Waals surface area contributed by atoms with E-state index in [1.807, 2.05) is 24.3 Å². The van der Waals surface area contributed by atoms with Crippen LogP contribution in [0.15, 0.2) is 42.5 Å². The molecule has 0 saturated heterocycles. The van der Waals surface area contributed by atoms with Gasteiger partial charge in [-0.1, -0.05) is 18.2 Å². The molecular weight excluding hydrogens is 312 g/mol. The summed E-state index contributed by atoms with van der Waals surface area (Å²) in [5, 5.41) is 2.63. The van der Waals surface area contributed by atoms with E-state index in [0.29, 0.717) is 12.2 Å². The number of hydrogen-bond donors (Lipinski definition) is 1. The summed E-state index contributed by atoms with van der Waals surface area (Å²) in [7, 11) is 3.74. The third-order valence-corrected chi connectivity index (χ3v) is 4.04. The Morgan fingerprint density at radius 3 is 2.32 bits per heavy atom. The number of nitrogens with zero attached hydrogens (tertiary/aromatic N) is 1. The lowest BCUT2D eigenvalue weighted by Crippen LogP contribution is -2.21. The van der Waals surface area contributed by atoms with Gasteiger partial charge in [0.15, 0.2) is 0 Å². The Bertz CT molecular complexity index is 675. The molecule has 0 aliphatic carbocycles. The zero-order valence-corrected chi connectivity index (χ0v) is 15.6. The van der Waals surface area contributed by atoms with Crippen LogP contribution in [0.25, 0.3) is 0 Å². The van der Waals surface area contributed by atoms with Crippen molar-refractivity contribution in [3.63, 3.8) is 0 Å². The number of benzene rings is 2. The summed E-state index contributed by atoms with van der Waals surface area (Å²) in [6.45, 7) is 6.70. The van der Waals surface area contributed by atoms with E-state index >= 15 is 0 Å². The Kier molecular flexibility index (Phi) is 7.02. The maximum atomic E-state index is 11.5. The Labute approximate surface area is 150 Å². The van der Waals surface area contributed by atoms with Gasteiger partial charge in [-0.2, -0.15) is 0 Å². The highest BCUT2D eigenvalue weighted by molar-refractivity contribution is 5.93. The van der Waals surface area contributed by atoms with Gasteiger partial charge in [0.25, 0.3) is 5.91 Å². The SMILES string of the molecule is CNC(=O)c1ccc(CN(C)CCCOc2cc(C)cc(C)c2)cc1. The smallest absolute Gasteiger partial charge is 0.251 e. The van der Waals surface area contributed by atoms with Gasteiger partial charge in [-0.05, 0) is 68.3 Å². The van der Waals surface area contributed by atoms with Gasteiger partial charge in [-0.15, -0.1) is 0 Å². The summed E-state index contributed by atoms with van der Waals surface area (Å²) in [5.74, 6) is 0.897. The van der Waals surface area contributed by atoms with E-state index in [2.05, 4.69) is 49.3 Å². The Morgan fingerprint density at radius 1 is 1.08 bits per heavy atom. The fourth-order valence-electron chi connectivity index (χ4n) is 2.84. The average molecular weight is 340 g/mol. The molecule has 0 heterocycles. The molecule has 4 heteroatoms. The topological polar surface area (TPSA) is 41.6 Å². The third-order valence-electron chi connectivity index (χ3n) is 4.04. The van der Waals surface area contributed by atoms with Crippen LogP contribution in [0.4, 0.5) is 0 Å². The highest BCUT2D eigenvalue weighted by atomic mass is 16.5. The number of ether oxygens (including phenoxy) is 1. The van der Waals surface area contributed by atoms with Crippen molar-refractivity contribution in [3.8, 4) is 5.75 Å². The molecule has 2 aromatic carbocycles. The highest BCUT2D eigenvalue weighted by Crippen LogP contribution is 2.16. The molecule has 4 nitrogen and oxygen atoms in total. The molecule has 25 heavy (non-hydrogen) atoms. The highest BCUT2D eigenvalue weighted by Gasteiger charge is 2.05. The Morgan fingerprint density at radius 2 is 1.72 bits per heavy atom. The van der Waals surface area contributed by atoms with Crippen LogP contribution in [0.5, 0.6) is 5.75 Å². The van der Waals surface area contributed by atoms with Gasteiger partial charge < -0.3 is 15.0 Å². The van der Waals surface area contributed by atoms with Crippen molar-refractivity contribution in [1.29, 1.82) is 0 Å². The minimum Gasteiger partial charge on any atom is -0.494 e. The normalized spacial score (nSPS) is 10.8. The second kappa shape index (κ2) is 9.23. The molecule has 0 aliphatic rings. The van der Waals surface area contributed by atoms with Crippen LogP contribution >= 0.6 is 0 Å². The summed E-state index contributed by atoms with van der Waals surface area (Å²) >= 11 is 0. The quantitative estimate of drug-likeness (QED) is 0.747. The van der Waals surface area contributed by atoms with Gasteiger partial charge in [-0.3, -0.25) is 4.79 Å². The molecular formula is C21H28N2O2. The van der Waals surface area contributed by atoms with E-state index in [0.717, 1.165) is 25.3 Å². The molecule has 0 aromatic heterocycles. The molecule has 134 valence electrons. The lowest BCUT2D eigenvalue weighted by molar-refractivity contribution is 0.0963. The number of carbonyl (C=O) groups is 1. The molecule has 0 unspecified atom stereocenters. The second-order valence-corrected chi connectivity index (χ2v) is 6.54. The van der Waals surface area contributed by atoms with Crippen molar-refractivity contribution in [2.75, 3.05) is 27.2 Å². The Hall–Kier alpha value is -2.33. The monoisotopic (exact) mass is 340 g/mol. The predicted molar refractivity (Wildman–Crippen MR) is 102 cm³/mol. The van der Waals surface area contributed by atoms with Crippen LogP contribution in [0.2, 0.25) is 0 Å². The van der Waals surface area contributed by atoms with Crippen LogP contribution in [0.3, 0.4) is 0 Å². The molecule has 2 aromatic rings. The number of amides is 1. The first-order chi connectivity index (χ1) is 12.0. The Balaban J connectivity index is 1.73. The van der Waals surface area contributed by atoms with Crippen molar-refractivity contribution in [3.05, 3.63) is 64.7 Å². The molecule has 0 saturated carbocycles. The van der Waals surface area contributed by atoms with Crippen molar-refractivity contribution < 1.29 is 9.53 Å². The van der Waals surface area contributed by atoms with Crippen LogP contribution in [-0.4, -0.2) is 38.1 Å². The third kappa shape index (κ3) is 6.24. The maximum Gasteiger partial charge on any atom is 0.251 e. The van der Waals surface area contributed by atoms with Gasteiger partial charge in [0, 0.05) is 25.7 Å². The molecule has 2 rings (SSSR count). The first kappa shape index (κ1) is 19.0. The van der Waals surface area contributed by atoms with Crippen molar-refractivity contribution in [1.82, 2.24) is 10.2 Å². The van der Waals surface area contributed by atoms with Gasteiger partial charge >= 0.3 is 0 Å². The van der Waals surface area contributed by atoms with E-state index in [1.54, 1.807) is 7.05 Å². The summed E-state index contributed by atoms with van der Waals surface area (Å²) in [4.78, 5) is 13.8. The summed E-state index contributed by atoms with van der Waals surface area (Å²) in [6, 6.07) is 14.0. The average Bonchev–Trinajstić information content (AvgIpc) is 2.58. The fraction of sp³-hybridized carbons (Fsp3) is 0.381. The maximum absolute atomic E-state index is 11.5. The van der Waals surface area contributed by atoms with E-state index < -0.39 is 0 Å². The van der Waals surface area contributed by atoms with Gasteiger partial charge in [0.2, 0.25) is 0 Å². The summed E-state index contributed by atoms with van der Waals surface area (Å²) in [6.07, 6.45) is 0.972. The standard InChI is InChI=1S/C21H28N2O2/c1-16-12-17(2)14-20(13-16)25-11-5-10-23(4)15-18-6-8-19(9-7-18)21(24)22-3/h6-9,12-14H,5,10-11,15H2,1-4H3,(H,22,24). The minimum atomic E-state index is -0.0524. The fourth-order valence-corrected chi connectivity index (χ4v) is 2.84. The largest absolute Gasteiger partial charge is 0.494 e. The number of rotatable bonds is 8. The van der Waals surface area contributed by atoms with Crippen molar-refractivity contribution >= 4 is 5.91 Å². The molecule has 0 atom stereocenters. The predicted octanol–water partition coefficient (Wildman–Crippen LogP) is 3.56. The molecule has 0 radical (unpaired) electrons. The van der Waals surface area contributed by atoms with Crippen LogP contribution in [0.1, 0.15) is 33.5 Å².